The molecule has 2 heteroatoms. The molecule has 90 valence electrons. The average molecular weight is 259 g/mol. The average Bonchev–Trinajstić information content (AvgIpc) is 2.29. The van der Waals surface area contributed by atoms with Crippen LogP contribution in [0.15, 0.2) is 24.3 Å². The quantitative estimate of drug-likeness (QED) is 0.659. The lowest BCUT2D eigenvalue weighted by Crippen LogP contribution is -2.04. The zero-order chi connectivity index (χ0) is 12.0. The van der Waals surface area contributed by atoms with Gasteiger partial charge in [0.2, 0.25) is 0 Å². The van der Waals surface area contributed by atoms with E-state index < -0.39 is 0 Å². The summed E-state index contributed by atoms with van der Waals surface area (Å²) >= 11 is 11.7. The van der Waals surface area contributed by atoms with Gasteiger partial charge in [0, 0.05) is 11.8 Å². The summed E-state index contributed by atoms with van der Waals surface area (Å²) in [5.74, 6) is 2.54. The number of halogens is 2. The Morgan fingerprint density at radius 1 is 0.938 bits per heavy atom. The fourth-order valence-electron chi connectivity index (χ4n) is 1.80. The van der Waals surface area contributed by atoms with E-state index in [2.05, 4.69) is 38.1 Å². The first kappa shape index (κ1) is 13.9. The van der Waals surface area contributed by atoms with Crippen molar-refractivity contribution in [1.82, 2.24) is 0 Å². The van der Waals surface area contributed by atoms with Crippen LogP contribution in [0.4, 0.5) is 0 Å². The summed E-state index contributed by atoms with van der Waals surface area (Å²) in [6, 6.07) is 8.77. The van der Waals surface area contributed by atoms with Crippen LogP contribution in [0.25, 0.3) is 0 Å². The van der Waals surface area contributed by atoms with Crippen molar-refractivity contribution in [1.29, 1.82) is 0 Å². The first-order chi connectivity index (χ1) is 7.65. The highest BCUT2D eigenvalue weighted by atomic mass is 35.5. The minimum absolute atomic E-state index is 0.544. The molecule has 0 heterocycles. The molecule has 0 saturated carbocycles. The van der Waals surface area contributed by atoms with Crippen LogP contribution in [0.1, 0.15) is 25.0 Å². The van der Waals surface area contributed by atoms with E-state index in [9.17, 15) is 0 Å². The summed E-state index contributed by atoms with van der Waals surface area (Å²) in [4.78, 5) is 0. The number of rotatable bonds is 6. The van der Waals surface area contributed by atoms with E-state index in [-0.39, 0.29) is 0 Å². The molecule has 0 aliphatic carbocycles. The highest BCUT2D eigenvalue weighted by Gasteiger charge is 2.05. The maximum Gasteiger partial charge on any atom is 0.0252 e. The van der Waals surface area contributed by atoms with Gasteiger partial charge in [-0.3, -0.25) is 0 Å². The molecule has 1 aromatic rings. The van der Waals surface area contributed by atoms with Crippen molar-refractivity contribution < 1.29 is 0 Å². The SMILES string of the molecule is CC(CCl)Cc1cccc(CC(C)CCl)c1. The molecular weight excluding hydrogens is 239 g/mol. The van der Waals surface area contributed by atoms with E-state index in [1.54, 1.807) is 0 Å². The second kappa shape index (κ2) is 7.19. The molecule has 0 N–H and O–H groups in total. The van der Waals surface area contributed by atoms with Crippen molar-refractivity contribution in [3.05, 3.63) is 35.4 Å². The second-order valence-corrected chi connectivity index (χ2v) is 5.36. The van der Waals surface area contributed by atoms with Gasteiger partial charge in [-0.2, -0.15) is 0 Å². The van der Waals surface area contributed by atoms with E-state index in [0.29, 0.717) is 11.8 Å². The van der Waals surface area contributed by atoms with Crippen molar-refractivity contribution in [2.24, 2.45) is 11.8 Å². The van der Waals surface area contributed by atoms with Crippen LogP contribution in [0.2, 0.25) is 0 Å². The summed E-state index contributed by atoms with van der Waals surface area (Å²) in [6.07, 6.45) is 2.12. The lowest BCUT2D eigenvalue weighted by Gasteiger charge is -2.11. The molecule has 0 aromatic heterocycles. The number of alkyl halides is 2. The number of hydrogen-bond acceptors (Lipinski definition) is 0. The Kier molecular flexibility index (Phi) is 6.23. The first-order valence-corrected chi connectivity index (χ1v) is 6.92. The monoisotopic (exact) mass is 258 g/mol. The van der Waals surface area contributed by atoms with Crippen LogP contribution in [-0.4, -0.2) is 11.8 Å². The molecule has 0 fully saturated rings. The molecule has 0 aliphatic rings. The number of benzene rings is 1. The molecule has 2 atom stereocenters. The Labute approximate surface area is 109 Å². The van der Waals surface area contributed by atoms with E-state index >= 15 is 0 Å². The van der Waals surface area contributed by atoms with Crippen LogP contribution in [-0.2, 0) is 12.8 Å². The molecule has 0 saturated heterocycles. The van der Waals surface area contributed by atoms with Gasteiger partial charge in [0.15, 0.2) is 0 Å². The smallest absolute Gasteiger partial charge is 0.0252 e. The lowest BCUT2D eigenvalue weighted by molar-refractivity contribution is 0.643. The predicted octanol–water partition coefficient (Wildman–Crippen LogP) is 4.52. The first-order valence-electron chi connectivity index (χ1n) is 5.85. The third-order valence-electron chi connectivity index (χ3n) is 2.69. The van der Waals surface area contributed by atoms with Crippen LogP contribution in [0, 0.1) is 11.8 Å². The molecule has 0 amide bonds. The van der Waals surface area contributed by atoms with E-state index in [1.165, 1.54) is 11.1 Å². The summed E-state index contributed by atoms with van der Waals surface area (Å²) in [5.41, 5.74) is 2.76. The van der Waals surface area contributed by atoms with Gasteiger partial charge in [-0.15, -0.1) is 23.2 Å². The Morgan fingerprint density at radius 2 is 1.38 bits per heavy atom. The summed E-state index contributed by atoms with van der Waals surface area (Å²) < 4.78 is 0. The molecule has 1 rings (SSSR count). The summed E-state index contributed by atoms with van der Waals surface area (Å²) in [7, 11) is 0. The molecule has 0 spiro atoms. The van der Waals surface area contributed by atoms with Crippen LogP contribution >= 0.6 is 23.2 Å². The van der Waals surface area contributed by atoms with Gasteiger partial charge >= 0.3 is 0 Å². The Morgan fingerprint density at radius 3 is 1.75 bits per heavy atom. The number of hydrogen-bond donors (Lipinski definition) is 0. The molecule has 2 unspecified atom stereocenters. The van der Waals surface area contributed by atoms with Crippen molar-refractivity contribution in [2.75, 3.05) is 11.8 Å². The summed E-state index contributed by atoms with van der Waals surface area (Å²) in [5, 5.41) is 0. The van der Waals surface area contributed by atoms with Crippen LogP contribution < -0.4 is 0 Å². The molecular formula is C14H20Cl2. The molecule has 0 radical (unpaired) electrons. The van der Waals surface area contributed by atoms with Crippen molar-refractivity contribution in [3.63, 3.8) is 0 Å². The standard InChI is InChI=1S/C14H20Cl2/c1-11(9-15)6-13-4-3-5-14(8-13)7-12(2)10-16/h3-5,8,11-12H,6-7,9-10H2,1-2H3. The molecule has 0 bridgehead atoms. The van der Waals surface area contributed by atoms with Crippen LogP contribution in [0.5, 0.6) is 0 Å². The zero-order valence-electron chi connectivity index (χ0n) is 10.0. The lowest BCUT2D eigenvalue weighted by atomic mass is 9.97. The Bertz CT molecular complexity index is 282. The fraction of sp³-hybridized carbons (Fsp3) is 0.571. The van der Waals surface area contributed by atoms with Crippen molar-refractivity contribution in [2.45, 2.75) is 26.7 Å². The normalized spacial score (nSPS) is 14.8. The van der Waals surface area contributed by atoms with E-state index in [0.717, 1.165) is 24.6 Å². The van der Waals surface area contributed by atoms with Gasteiger partial charge in [-0.1, -0.05) is 38.1 Å². The highest BCUT2D eigenvalue weighted by Crippen LogP contribution is 2.15. The maximum absolute atomic E-state index is 5.83. The minimum atomic E-state index is 0.544. The third kappa shape index (κ3) is 4.76. The fourth-order valence-corrected chi connectivity index (χ4v) is 2.02. The predicted molar refractivity (Wildman–Crippen MR) is 73.6 cm³/mol. The zero-order valence-corrected chi connectivity index (χ0v) is 11.6. The Hall–Kier alpha value is -0.200. The highest BCUT2D eigenvalue weighted by molar-refractivity contribution is 6.18. The van der Waals surface area contributed by atoms with Crippen molar-refractivity contribution >= 4 is 23.2 Å². The Balaban J connectivity index is 2.63. The van der Waals surface area contributed by atoms with E-state index in [4.69, 9.17) is 23.2 Å². The second-order valence-electron chi connectivity index (χ2n) is 4.75. The molecule has 0 aliphatic heterocycles. The topological polar surface area (TPSA) is 0 Å². The largest absolute Gasteiger partial charge is 0.126 e. The van der Waals surface area contributed by atoms with Crippen LogP contribution in [0.3, 0.4) is 0 Å². The van der Waals surface area contributed by atoms with Gasteiger partial charge in [-0.25, -0.2) is 0 Å². The van der Waals surface area contributed by atoms with Crippen molar-refractivity contribution in [3.8, 4) is 0 Å². The van der Waals surface area contributed by atoms with Gasteiger partial charge < -0.3 is 0 Å². The molecule has 16 heavy (non-hydrogen) atoms. The van der Waals surface area contributed by atoms with Gasteiger partial charge in [0.05, 0.1) is 0 Å². The molecule has 1 aromatic carbocycles. The minimum Gasteiger partial charge on any atom is -0.126 e. The van der Waals surface area contributed by atoms with Gasteiger partial charge in [0.25, 0.3) is 0 Å². The molecule has 0 nitrogen and oxygen atoms in total. The van der Waals surface area contributed by atoms with E-state index in [1.807, 2.05) is 0 Å². The maximum atomic E-state index is 5.83. The van der Waals surface area contributed by atoms with Gasteiger partial charge in [0.1, 0.15) is 0 Å². The third-order valence-corrected chi connectivity index (χ3v) is 3.74. The van der Waals surface area contributed by atoms with Gasteiger partial charge in [-0.05, 0) is 35.8 Å². The summed E-state index contributed by atoms with van der Waals surface area (Å²) in [6.45, 7) is 4.36.